The van der Waals surface area contributed by atoms with E-state index in [9.17, 15) is 23.6 Å². The van der Waals surface area contributed by atoms with Gasteiger partial charge >= 0.3 is 0 Å². The molecule has 2 aromatic carbocycles. The van der Waals surface area contributed by atoms with Crippen LogP contribution in [0.5, 0.6) is 0 Å². The first-order valence-electron chi connectivity index (χ1n) is 20.4. The Morgan fingerprint density at radius 2 is 1.55 bits per heavy atom. The highest BCUT2D eigenvalue weighted by atomic mass is 19.1. The average molecular weight is 794 g/mol. The van der Waals surface area contributed by atoms with Crippen molar-refractivity contribution in [1.29, 1.82) is 0 Å². The van der Waals surface area contributed by atoms with Gasteiger partial charge in [0.05, 0.1) is 11.9 Å². The molecule has 2 aliphatic heterocycles. The first-order valence-corrected chi connectivity index (χ1v) is 20.4. The fourth-order valence-corrected chi connectivity index (χ4v) is 8.88. The SMILES string of the molecule is O=C1CCC(Nc2ccc(N3CCN([C@H]4CC[C@H](C(=O)NC5CCC(Nc6ncc(F)c(-c7cccc(-n8ccccc8=O)c7)n6)CC5)CC4)CC3)c(F)c2)C(=O)N1. The summed E-state index contributed by atoms with van der Waals surface area (Å²) < 4.78 is 31.7. The zero-order valence-corrected chi connectivity index (χ0v) is 32.3. The van der Waals surface area contributed by atoms with Crippen molar-refractivity contribution in [3.05, 3.63) is 95.0 Å². The minimum atomic E-state index is -0.564. The molecule has 3 amide bonds. The number of aromatic nitrogens is 3. The number of pyridine rings is 1. The van der Waals surface area contributed by atoms with Crippen LogP contribution in [0.1, 0.15) is 64.2 Å². The molecule has 304 valence electrons. The van der Waals surface area contributed by atoms with Gasteiger partial charge in [0.2, 0.25) is 23.7 Å². The number of amides is 3. The third-order valence-corrected chi connectivity index (χ3v) is 12.1. The lowest BCUT2D eigenvalue weighted by atomic mass is 9.83. The van der Waals surface area contributed by atoms with Crippen molar-refractivity contribution >= 4 is 35.0 Å². The van der Waals surface area contributed by atoms with Crippen LogP contribution in [0.25, 0.3) is 16.9 Å². The first-order chi connectivity index (χ1) is 28.2. The molecule has 4 N–H and O–H groups in total. The second-order valence-electron chi connectivity index (χ2n) is 15.9. The van der Waals surface area contributed by atoms with E-state index in [1.54, 1.807) is 54.7 Å². The Morgan fingerprint density at radius 1 is 0.776 bits per heavy atom. The molecule has 2 saturated carbocycles. The highest BCUT2D eigenvalue weighted by Crippen LogP contribution is 2.32. The van der Waals surface area contributed by atoms with Crippen LogP contribution in [0.3, 0.4) is 0 Å². The Balaban J connectivity index is 0.760. The molecular formula is C43H49F2N9O4. The lowest BCUT2D eigenvalue weighted by Crippen LogP contribution is -2.52. The third-order valence-electron chi connectivity index (χ3n) is 12.1. The van der Waals surface area contributed by atoms with E-state index in [0.717, 1.165) is 64.5 Å². The summed E-state index contributed by atoms with van der Waals surface area (Å²) in [6.45, 7) is 3.05. The number of hydrogen-bond acceptors (Lipinski definition) is 10. The number of anilines is 3. The summed E-state index contributed by atoms with van der Waals surface area (Å²) >= 11 is 0. The number of carbonyl (C=O) groups is 3. The van der Waals surface area contributed by atoms with Crippen LogP contribution < -0.4 is 31.7 Å². The normalized spacial score (nSPS) is 24.2. The van der Waals surface area contributed by atoms with E-state index >= 15 is 4.39 Å². The van der Waals surface area contributed by atoms with Crippen molar-refractivity contribution in [3.63, 3.8) is 0 Å². The number of carbonyl (C=O) groups excluding carboxylic acids is 3. The highest BCUT2D eigenvalue weighted by molar-refractivity contribution is 6.01. The molecule has 4 aliphatic rings. The van der Waals surface area contributed by atoms with E-state index in [4.69, 9.17) is 0 Å². The Kier molecular flexibility index (Phi) is 11.8. The number of nitrogens with one attached hydrogen (secondary N) is 4. The molecule has 1 atom stereocenters. The molecule has 4 aromatic rings. The summed E-state index contributed by atoms with van der Waals surface area (Å²) in [5.74, 6) is -1.10. The standard InChI is InChI=1S/C43H49F2N9O4/c44-34-25-31(47-36-16-18-38(55)50-42(36)58)13-17-37(34)53-22-20-52(21-23-53)32-14-7-27(8-15-32)41(57)48-29-9-11-30(12-10-29)49-43-46-26-35(45)40(51-43)28-4-3-5-33(24-28)54-19-2-1-6-39(54)56/h1-6,13,17,19,24-27,29-30,32,36,47H,7-12,14-16,18,20-23H2,(H,48,57)(H,46,49,51)(H,50,55,58)/t27-,29?,30?,32-,36?. The quantitative estimate of drug-likeness (QED) is 0.161. The molecule has 2 saturated heterocycles. The Bertz CT molecular complexity index is 2190. The molecule has 58 heavy (non-hydrogen) atoms. The van der Waals surface area contributed by atoms with Gasteiger partial charge < -0.3 is 20.9 Å². The van der Waals surface area contributed by atoms with E-state index < -0.39 is 11.9 Å². The van der Waals surface area contributed by atoms with Gasteiger partial charge in [-0.05, 0) is 94.2 Å². The number of benzene rings is 2. The summed E-state index contributed by atoms with van der Waals surface area (Å²) in [7, 11) is 0. The lowest BCUT2D eigenvalue weighted by molar-refractivity contribution is -0.133. The van der Waals surface area contributed by atoms with Gasteiger partial charge in [-0.3, -0.25) is 34.0 Å². The van der Waals surface area contributed by atoms with Crippen LogP contribution in [0.15, 0.2) is 77.9 Å². The summed E-state index contributed by atoms with van der Waals surface area (Å²) in [5.41, 5.74) is 2.17. The van der Waals surface area contributed by atoms with Crippen LogP contribution in [-0.2, 0) is 14.4 Å². The fraction of sp³-hybridized carbons (Fsp3) is 0.442. The zero-order valence-electron chi connectivity index (χ0n) is 32.3. The van der Waals surface area contributed by atoms with Gasteiger partial charge in [-0.2, -0.15) is 0 Å². The Labute approximate surface area is 335 Å². The second kappa shape index (κ2) is 17.4. The number of hydrogen-bond donors (Lipinski definition) is 4. The minimum Gasteiger partial charge on any atom is -0.374 e. The molecule has 15 heteroatoms. The number of halogens is 2. The van der Waals surface area contributed by atoms with Gasteiger partial charge in [-0.15, -0.1) is 0 Å². The van der Waals surface area contributed by atoms with Gasteiger partial charge in [-0.25, -0.2) is 18.7 Å². The van der Waals surface area contributed by atoms with Crippen molar-refractivity contribution in [2.24, 2.45) is 5.92 Å². The zero-order chi connectivity index (χ0) is 40.2. The third kappa shape index (κ3) is 9.04. The fourth-order valence-electron chi connectivity index (χ4n) is 8.88. The maximum atomic E-state index is 15.2. The van der Waals surface area contributed by atoms with Crippen LogP contribution in [0.4, 0.5) is 26.1 Å². The van der Waals surface area contributed by atoms with Crippen molar-refractivity contribution < 1.29 is 23.2 Å². The maximum Gasteiger partial charge on any atom is 0.255 e. The first kappa shape index (κ1) is 39.1. The molecule has 4 fully saturated rings. The minimum absolute atomic E-state index is 0.000148. The number of piperidine rings is 1. The van der Waals surface area contributed by atoms with Crippen LogP contribution in [-0.4, -0.2) is 87.5 Å². The van der Waals surface area contributed by atoms with E-state index in [1.165, 1.54) is 22.9 Å². The topological polar surface area (TPSA) is 154 Å². The van der Waals surface area contributed by atoms with E-state index in [2.05, 4.69) is 41.0 Å². The van der Waals surface area contributed by atoms with Gasteiger partial charge in [-0.1, -0.05) is 18.2 Å². The highest BCUT2D eigenvalue weighted by Gasteiger charge is 2.33. The summed E-state index contributed by atoms with van der Waals surface area (Å²) in [5, 5.41) is 12.1. The Morgan fingerprint density at radius 3 is 2.29 bits per heavy atom. The molecule has 2 aromatic heterocycles. The van der Waals surface area contributed by atoms with Gasteiger partial charge in [0.25, 0.3) is 5.56 Å². The number of rotatable bonds is 10. The smallest absolute Gasteiger partial charge is 0.255 e. The van der Waals surface area contributed by atoms with E-state index in [0.29, 0.717) is 54.1 Å². The summed E-state index contributed by atoms with van der Waals surface area (Å²) in [6.07, 6.45) is 10.4. The molecule has 8 rings (SSSR count). The lowest BCUT2D eigenvalue weighted by Gasteiger charge is -2.42. The van der Waals surface area contributed by atoms with Gasteiger partial charge in [0, 0.05) is 85.8 Å². The summed E-state index contributed by atoms with van der Waals surface area (Å²) in [4.78, 5) is 62.5. The monoisotopic (exact) mass is 793 g/mol. The molecule has 0 spiro atoms. The number of piperazine rings is 1. The molecule has 0 bridgehead atoms. The van der Waals surface area contributed by atoms with Crippen molar-refractivity contribution in [3.8, 4) is 16.9 Å². The van der Waals surface area contributed by atoms with Crippen LogP contribution >= 0.6 is 0 Å². The van der Waals surface area contributed by atoms with Crippen molar-refractivity contribution in [1.82, 2.24) is 30.1 Å². The maximum absolute atomic E-state index is 15.2. The number of nitrogens with zero attached hydrogens (tertiary/aromatic N) is 5. The molecule has 0 radical (unpaired) electrons. The van der Waals surface area contributed by atoms with Gasteiger partial charge in [0.15, 0.2) is 5.82 Å². The van der Waals surface area contributed by atoms with Crippen molar-refractivity contribution in [2.75, 3.05) is 41.7 Å². The second-order valence-corrected chi connectivity index (χ2v) is 15.9. The molecule has 1 unspecified atom stereocenters. The van der Waals surface area contributed by atoms with E-state index in [-0.39, 0.29) is 59.2 Å². The molecule has 2 aliphatic carbocycles. The molecule has 13 nitrogen and oxygen atoms in total. The average Bonchev–Trinajstić information content (AvgIpc) is 3.24. The van der Waals surface area contributed by atoms with Crippen LogP contribution in [0, 0.1) is 17.6 Å². The predicted molar refractivity (Wildman–Crippen MR) is 217 cm³/mol. The van der Waals surface area contributed by atoms with Crippen LogP contribution in [0.2, 0.25) is 0 Å². The van der Waals surface area contributed by atoms with E-state index in [1.807, 2.05) is 0 Å². The Hall–Kier alpha value is -5.70. The predicted octanol–water partition coefficient (Wildman–Crippen LogP) is 5.01. The largest absolute Gasteiger partial charge is 0.374 e. The molecule has 4 heterocycles. The molecular weight excluding hydrogens is 745 g/mol. The van der Waals surface area contributed by atoms with Crippen molar-refractivity contribution in [2.45, 2.75) is 88.4 Å². The van der Waals surface area contributed by atoms with Gasteiger partial charge in [0.1, 0.15) is 17.6 Å². The summed E-state index contributed by atoms with van der Waals surface area (Å²) in [6, 6.07) is 16.9. The number of imide groups is 1.